The monoisotopic (exact) mass is 240 g/mol. The van der Waals surface area contributed by atoms with Crippen LogP contribution < -0.4 is 0 Å². The van der Waals surface area contributed by atoms with Crippen LogP contribution in [0.4, 0.5) is 0 Å². The first-order valence-corrected chi connectivity index (χ1v) is 7.11. The van der Waals surface area contributed by atoms with Gasteiger partial charge in [-0.15, -0.1) is 0 Å². The number of benzene rings is 2. The van der Waals surface area contributed by atoms with Gasteiger partial charge in [0.05, 0.1) is 0 Å². The minimum Gasteiger partial charge on any atom is -0.161 e. The fraction of sp³-hybridized carbons (Fsp3) is 0.125. The van der Waals surface area contributed by atoms with E-state index in [1.54, 1.807) is 0 Å². The Balaban J connectivity index is 2.40. The molecule has 0 saturated carbocycles. The first kappa shape index (κ1) is 12.0. The summed E-state index contributed by atoms with van der Waals surface area (Å²) in [5.74, 6) is 1.04. The smallest absolute Gasteiger partial charge is 0.0119 e. The van der Waals surface area contributed by atoms with Gasteiger partial charge in [-0.05, 0) is 23.0 Å². The Morgan fingerprint density at radius 1 is 0.882 bits per heavy atom. The second kappa shape index (κ2) is 6.31. The lowest BCUT2D eigenvalue weighted by molar-refractivity contribution is 1.53. The molecule has 2 aromatic carbocycles. The van der Waals surface area contributed by atoms with Crippen LogP contribution in [0.2, 0.25) is 0 Å². The van der Waals surface area contributed by atoms with E-state index in [2.05, 4.69) is 73.0 Å². The van der Waals surface area contributed by atoms with Crippen LogP contribution >= 0.6 is 11.8 Å². The van der Waals surface area contributed by atoms with Gasteiger partial charge in [0.15, 0.2) is 0 Å². The molecule has 0 saturated heterocycles. The van der Waals surface area contributed by atoms with Crippen LogP contribution in [0.25, 0.3) is 5.57 Å². The van der Waals surface area contributed by atoms with Crippen molar-refractivity contribution < 1.29 is 0 Å². The molecule has 0 aliphatic carbocycles. The molecule has 2 aromatic rings. The van der Waals surface area contributed by atoms with Gasteiger partial charge < -0.3 is 0 Å². The predicted molar refractivity (Wildman–Crippen MR) is 78.3 cm³/mol. The minimum absolute atomic E-state index is 1.04. The van der Waals surface area contributed by atoms with Crippen LogP contribution in [0.15, 0.2) is 66.7 Å². The molecule has 0 spiro atoms. The van der Waals surface area contributed by atoms with Crippen molar-refractivity contribution in [3.8, 4) is 0 Å². The van der Waals surface area contributed by atoms with Gasteiger partial charge in [-0.3, -0.25) is 0 Å². The lowest BCUT2D eigenvalue weighted by Crippen LogP contribution is -1.88. The second-order valence-corrected chi connectivity index (χ2v) is 4.72. The van der Waals surface area contributed by atoms with Gasteiger partial charge in [0, 0.05) is 5.75 Å². The third kappa shape index (κ3) is 3.24. The summed E-state index contributed by atoms with van der Waals surface area (Å²) in [6.45, 7) is 0. The molecule has 1 heteroatoms. The van der Waals surface area contributed by atoms with E-state index in [4.69, 9.17) is 0 Å². The van der Waals surface area contributed by atoms with E-state index in [0.29, 0.717) is 0 Å². The molecule has 0 atom stereocenters. The summed E-state index contributed by atoms with van der Waals surface area (Å²) in [4.78, 5) is 0. The van der Waals surface area contributed by atoms with Crippen LogP contribution in [0, 0.1) is 0 Å². The molecular weight excluding hydrogens is 224 g/mol. The molecule has 0 amide bonds. The SMILES string of the molecule is CSCC=C(c1ccccc1)c1ccccc1. The fourth-order valence-electron chi connectivity index (χ4n) is 1.80. The van der Waals surface area contributed by atoms with E-state index < -0.39 is 0 Å². The molecule has 0 aliphatic rings. The number of hydrogen-bond donors (Lipinski definition) is 0. The Labute approximate surface area is 107 Å². The highest BCUT2D eigenvalue weighted by atomic mass is 32.2. The molecule has 0 bridgehead atoms. The third-order valence-corrected chi connectivity index (χ3v) is 3.12. The van der Waals surface area contributed by atoms with E-state index in [0.717, 1.165) is 5.75 Å². The normalized spacial score (nSPS) is 9.94. The lowest BCUT2D eigenvalue weighted by atomic mass is 9.98. The van der Waals surface area contributed by atoms with Gasteiger partial charge in [-0.1, -0.05) is 66.7 Å². The highest BCUT2D eigenvalue weighted by molar-refractivity contribution is 7.98. The first-order chi connectivity index (χ1) is 8.42. The molecule has 0 unspecified atom stereocenters. The van der Waals surface area contributed by atoms with Crippen LogP contribution in [-0.4, -0.2) is 12.0 Å². The molecule has 0 aromatic heterocycles. The average Bonchev–Trinajstić information content (AvgIpc) is 2.42. The Bertz CT molecular complexity index is 430. The second-order valence-electron chi connectivity index (χ2n) is 3.81. The lowest BCUT2D eigenvalue weighted by Gasteiger charge is -2.08. The number of hydrogen-bond acceptors (Lipinski definition) is 1. The molecule has 0 aliphatic heterocycles. The van der Waals surface area contributed by atoms with Crippen LogP contribution in [0.3, 0.4) is 0 Å². The summed E-state index contributed by atoms with van der Waals surface area (Å²) in [5.41, 5.74) is 3.89. The van der Waals surface area contributed by atoms with Crippen molar-refractivity contribution in [2.45, 2.75) is 0 Å². The number of rotatable bonds is 4. The molecule has 0 heterocycles. The summed E-state index contributed by atoms with van der Waals surface area (Å²) >= 11 is 1.84. The van der Waals surface area contributed by atoms with E-state index in [1.807, 2.05) is 11.8 Å². The van der Waals surface area contributed by atoms with Gasteiger partial charge >= 0.3 is 0 Å². The van der Waals surface area contributed by atoms with E-state index in [9.17, 15) is 0 Å². The standard InChI is InChI=1S/C16H16S/c1-17-13-12-16(14-8-4-2-5-9-14)15-10-6-3-7-11-15/h2-12H,13H2,1H3. The highest BCUT2D eigenvalue weighted by Gasteiger charge is 2.02. The van der Waals surface area contributed by atoms with Gasteiger partial charge in [0.2, 0.25) is 0 Å². The van der Waals surface area contributed by atoms with E-state index in [1.165, 1.54) is 16.7 Å². The Morgan fingerprint density at radius 3 is 1.76 bits per heavy atom. The van der Waals surface area contributed by atoms with Crippen molar-refractivity contribution in [3.63, 3.8) is 0 Å². The zero-order chi connectivity index (χ0) is 11.9. The van der Waals surface area contributed by atoms with Gasteiger partial charge in [-0.25, -0.2) is 0 Å². The maximum absolute atomic E-state index is 2.30. The van der Waals surface area contributed by atoms with Gasteiger partial charge in [-0.2, -0.15) is 11.8 Å². The van der Waals surface area contributed by atoms with Gasteiger partial charge in [0.25, 0.3) is 0 Å². The quantitative estimate of drug-likeness (QED) is 0.759. The number of thioether (sulfide) groups is 1. The maximum atomic E-state index is 2.30. The molecule has 0 nitrogen and oxygen atoms in total. The van der Waals surface area contributed by atoms with Crippen LogP contribution in [-0.2, 0) is 0 Å². The Kier molecular flexibility index (Phi) is 4.45. The summed E-state index contributed by atoms with van der Waals surface area (Å²) in [6, 6.07) is 21.1. The highest BCUT2D eigenvalue weighted by Crippen LogP contribution is 2.23. The van der Waals surface area contributed by atoms with Crippen molar-refractivity contribution in [1.82, 2.24) is 0 Å². The maximum Gasteiger partial charge on any atom is 0.0119 e. The van der Waals surface area contributed by atoms with E-state index in [-0.39, 0.29) is 0 Å². The van der Waals surface area contributed by atoms with Crippen molar-refractivity contribution in [1.29, 1.82) is 0 Å². The molecule has 0 N–H and O–H groups in total. The summed E-state index contributed by atoms with van der Waals surface area (Å²) in [7, 11) is 0. The average molecular weight is 240 g/mol. The fourth-order valence-corrected chi connectivity index (χ4v) is 2.14. The Hall–Kier alpha value is -1.47. The van der Waals surface area contributed by atoms with E-state index >= 15 is 0 Å². The topological polar surface area (TPSA) is 0 Å². The largest absolute Gasteiger partial charge is 0.161 e. The molecule has 0 radical (unpaired) electrons. The Morgan fingerprint density at radius 2 is 1.35 bits per heavy atom. The van der Waals surface area contributed by atoms with Gasteiger partial charge in [0.1, 0.15) is 0 Å². The van der Waals surface area contributed by atoms with Crippen molar-refractivity contribution in [2.24, 2.45) is 0 Å². The summed E-state index contributed by atoms with van der Waals surface area (Å²) in [6.07, 6.45) is 4.43. The zero-order valence-electron chi connectivity index (χ0n) is 9.97. The summed E-state index contributed by atoms with van der Waals surface area (Å²) < 4.78 is 0. The van der Waals surface area contributed by atoms with Crippen molar-refractivity contribution >= 4 is 17.3 Å². The van der Waals surface area contributed by atoms with Crippen molar-refractivity contribution in [2.75, 3.05) is 12.0 Å². The molecule has 0 fully saturated rings. The third-order valence-electron chi connectivity index (χ3n) is 2.62. The molecule has 86 valence electrons. The first-order valence-electron chi connectivity index (χ1n) is 5.72. The van der Waals surface area contributed by atoms with Crippen molar-refractivity contribution in [3.05, 3.63) is 77.9 Å². The molecular formula is C16H16S. The zero-order valence-corrected chi connectivity index (χ0v) is 10.8. The minimum atomic E-state index is 1.04. The molecule has 2 rings (SSSR count). The molecule has 17 heavy (non-hydrogen) atoms. The summed E-state index contributed by atoms with van der Waals surface area (Å²) in [5, 5.41) is 0. The predicted octanol–water partition coefficient (Wildman–Crippen LogP) is 4.48. The van der Waals surface area contributed by atoms with Crippen LogP contribution in [0.1, 0.15) is 11.1 Å². The van der Waals surface area contributed by atoms with Crippen LogP contribution in [0.5, 0.6) is 0 Å².